The summed E-state index contributed by atoms with van der Waals surface area (Å²) >= 11 is 7.20. The third-order valence-electron chi connectivity index (χ3n) is 4.96. The number of nitrogens with zero attached hydrogens (tertiary/aromatic N) is 1. The van der Waals surface area contributed by atoms with Crippen molar-refractivity contribution in [2.75, 3.05) is 31.6 Å². The normalized spacial score (nSPS) is 18.9. The topological polar surface area (TPSA) is 105 Å². The molecule has 31 heavy (non-hydrogen) atoms. The molecule has 2 heterocycles. The lowest BCUT2D eigenvalue weighted by Crippen LogP contribution is -2.49. The highest BCUT2D eigenvalue weighted by atomic mass is 35.5. The van der Waals surface area contributed by atoms with Gasteiger partial charge in [0.05, 0.1) is 23.8 Å². The Bertz CT molecular complexity index is 1120. The molecule has 1 unspecified atom stereocenters. The fourth-order valence-electron chi connectivity index (χ4n) is 3.27. The van der Waals surface area contributed by atoms with Gasteiger partial charge in [-0.1, -0.05) is 29.8 Å². The Labute approximate surface area is 189 Å². The van der Waals surface area contributed by atoms with Gasteiger partial charge in [0.1, 0.15) is 0 Å². The highest BCUT2D eigenvalue weighted by molar-refractivity contribution is 8.01. The van der Waals surface area contributed by atoms with E-state index in [1.165, 1.54) is 12.1 Å². The van der Waals surface area contributed by atoms with Crippen LogP contribution >= 0.6 is 23.4 Å². The number of morpholine rings is 1. The number of anilines is 1. The van der Waals surface area contributed by atoms with E-state index in [0.29, 0.717) is 47.5 Å². The largest absolute Gasteiger partial charge is 0.378 e. The molecule has 1 atom stereocenters. The van der Waals surface area contributed by atoms with Crippen molar-refractivity contribution in [2.45, 2.75) is 21.6 Å². The number of carbonyl (C=O) groups excluding carboxylic acids is 2. The summed E-state index contributed by atoms with van der Waals surface area (Å²) in [4.78, 5) is 27.5. The average Bonchev–Trinajstić information content (AvgIpc) is 2.78. The van der Waals surface area contributed by atoms with Gasteiger partial charge >= 0.3 is 0 Å². The summed E-state index contributed by atoms with van der Waals surface area (Å²) in [6.07, 6.45) is 0. The number of rotatable bonds is 5. The highest BCUT2D eigenvalue weighted by Crippen LogP contribution is 2.37. The molecule has 2 aliphatic rings. The number of halogens is 1. The van der Waals surface area contributed by atoms with Gasteiger partial charge in [0.25, 0.3) is 0 Å². The number of carbonyl (C=O) groups is 2. The van der Waals surface area contributed by atoms with Gasteiger partial charge in [-0.05, 0) is 29.8 Å². The monoisotopic (exact) mass is 481 g/mol. The molecule has 1 fully saturated rings. The standard InChI is InChI=1S/C20H20ClN3O5S2/c21-15-4-2-1-3-13(15)12-22-31(27,28)14-5-6-17-16(11-14)23-19(25)18(30-17)20(26)24-7-9-29-10-8-24/h1-6,11,18,22H,7-10,12H2,(H,23,25). The van der Waals surface area contributed by atoms with Crippen molar-refractivity contribution in [3.63, 3.8) is 0 Å². The first-order valence-electron chi connectivity index (χ1n) is 9.56. The van der Waals surface area contributed by atoms with Crippen LogP contribution in [0.2, 0.25) is 5.02 Å². The number of fused-ring (bicyclic) bond motifs is 1. The van der Waals surface area contributed by atoms with Crippen LogP contribution in [0.1, 0.15) is 5.56 Å². The zero-order chi connectivity index (χ0) is 22.0. The van der Waals surface area contributed by atoms with E-state index in [4.69, 9.17) is 16.3 Å². The first-order valence-corrected chi connectivity index (χ1v) is 12.3. The third kappa shape index (κ3) is 4.88. The van der Waals surface area contributed by atoms with Crippen molar-refractivity contribution in [3.8, 4) is 0 Å². The van der Waals surface area contributed by atoms with Crippen LogP contribution in [0.15, 0.2) is 52.3 Å². The van der Waals surface area contributed by atoms with Crippen molar-refractivity contribution >= 4 is 50.9 Å². The van der Waals surface area contributed by atoms with Crippen LogP contribution in [0.5, 0.6) is 0 Å². The first-order chi connectivity index (χ1) is 14.8. The molecule has 11 heteroatoms. The maximum atomic E-state index is 12.7. The van der Waals surface area contributed by atoms with Crippen molar-refractivity contribution in [3.05, 3.63) is 53.1 Å². The maximum Gasteiger partial charge on any atom is 0.247 e. The minimum absolute atomic E-state index is 0.0113. The van der Waals surface area contributed by atoms with Crippen LogP contribution < -0.4 is 10.0 Å². The molecule has 2 amide bonds. The van der Waals surface area contributed by atoms with E-state index in [9.17, 15) is 18.0 Å². The number of hydrogen-bond acceptors (Lipinski definition) is 6. The third-order valence-corrected chi connectivity index (χ3v) is 7.99. The second kappa shape index (κ2) is 9.17. The number of thioether (sulfide) groups is 1. The molecule has 1 saturated heterocycles. The predicted molar refractivity (Wildman–Crippen MR) is 118 cm³/mol. The molecule has 164 valence electrons. The maximum absolute atomic E-state index is 12.7. The summed E-state index contributed by atoms with van der Waals surface area (Å²) in [5, 5.41) is 2.23. The molecule has 0 spiro atoms. The molecule has 0 aliphatic carbocycles. The molecule has 2 aromatic carbocycles. The number of nitrogens with one attached hydrogen (secondary N) is 2. The quantitative estimate of drug-likeness (QED) is 0.634. The lowest BCUT2D eigenvalue weighted by atomic mass is 10.2. The van der Waals surface area contributed by atoms with Crippen LogP contribution in [-0.4, -0.2) is 56.7 Å². The van der Waals surface area contributed by atoms with Crippen LogP contribution in [-0.2, 0) is 30.9 Å². The van der Waals surface area contributed by atoms with Crippen LogP contribution in [0.3, 0.4) is 0 Å². The summed E-state index contributed by atoms with van der Waals surface area (Å²) in [7, 11) is -3.83. The van der Waals surface area contributed by atoms with Gasteiger partial charge in [0.15, 0.2) is 5.25 Å². The summed E-state index contributed by atoms with van der Waals surface area (Å²) in [6.45, 7) is 1.83. The SMILES string of the molecule is O=C1Nc2cc(S(=O)(=O)NCc3ccccc3Cl)ccc2SC1C(=O)N1CCOCC1. The molecule has 4 rings (SSSR count). The van der Waals surface area contributed by atoms with Gasteiger partial charge in [-0.3, -0.25) is 9.59 Å². The van der Waals surface area contributed by atoms with Gasteiger partial charge in [-0.2, -0.15) is 0 Å². The number of amides is 2. The molecule has 0 aromatic heterocycles. The van der Waals surface area contributed by atoms with Gasteiger partial charge in [-0.15, -0.1) is 11.8 Å². The van der Waals surface area contributed by atoms with E-state index in [2.05, 4.69) is 10.0 Å². The molecule has 2 N–H and O–H groups in total. The number of ether oxygens (including phenoxy) is 1. The summed E-state index contributed by atoms with van der Waals surface area (Å²) < 4.78 is 33.2. The Kier molecular flexibility index (Phi) is 6.54. The van der Waals surface area contributed by atoms with E-state index < -0.39 is 21.2 Å². The molecule has 0 bridgehead atoms. The predicted octanol–water partition coefficient (Wildman–Crippen LogP) is 2.09. The van der Waals surface area contributed by atoms with Gasteiger partial charge in [0.2, 0.25) is 21.8 Å². The molecular formula is C20H20ClN3O5S2. The van der Waals surface area contributed by atoms with Crippen molar-refractivity contribution in [1.29, 1.82) is 0 Å². The summed E-state index contributed by atoms with van der Waals surface area (Å²) in [6, 6.07) is 11.4. The second-order valence-electron chi connectivity index (χ2n) is 7.00. The lowest BCUT2D eigenvalue weighted by Gasteiger charge is -2.31. The number of sulfonamides is 1. The lowest BCUT2D eigenvalue weighted by molar-refractivity contribution is -0.137. The van der Waals surface area contributed by atoms with Crippen LogP contribution in [0.4, 0.5) is 5.69 Å². The minimum atomic E-state index is -3.83. The average molecular weight is 482 g/mol. The van der Waals surface area contributed by atoms with Crippen molar-refractivity contribution in [1.82, 2.24) is 9.62 Å². The summed E-state index contributed by atoms with van der Waals surface area (Å²) in [5.74, 6) is -0.734. The van der Waals surface area contributed by atoms with E-state index in [0.717, 1.165) is 11.8 Å². The fraction of sp³-hybridized carbons (Fsp3) is 0.300. The molecule has 0 saturated carbocycles. The molecular weight excluding hydrogens is 462 g/mol. The van der Waals surface area contributed by atoms with Crippen LogP contribution in [0, 0.1) is 0 Å². The molecule has 0 radical (unpaired) electrons. The first kappa shape index (κ1) is 22.1. The van der Waals surface area contributed by atoms with E-state index in [1.54, 1.807) is 35.2 Å². The van der Waals surface area contributed by atoms with Crippen LogP contribution in [0.25, 0.3) is 0 Å². The highest BCUT2D eigenvalue weighted by Gasteiger charge is 2.36. The Morgan fingerprint density at radius 2 is 1.97 bits per heavy atom. The second-order valence-corrected chi connectivity index (χ2v) is 10.3. The van der Waals surface area contributed by atoms with Crippen molar-refractivity contribution < 1.29 is 22.7 Å². The number of hydrogen-bond donors (Lipinski definition) is 2. The van der Waals surface area contributed by atoms with Gasteiger partial charge in [0, 0.05) is 29.6 Å². The van der Waals surface area contributed by atoms with Crippen molar-refractivity contribution in [2.24, 2.45) is 0 Å². The Morgan fingerprint density at radius 1 is 1.23 bits per heavy atom. The van der Waals surface area contributed by atoms with E-state index in [1.807, 2.05) is 0 Å². The Hall–Kier alpha value is -2.11. The van der Waals surface area contributed by atoms with E-state index in [-0.39, 0.29) is 17.3 Å². The van der Waals surface area contributed by atoms with E-state index >= 15 is 0 Å². The molecule has 2 aliphatic heterocycles. The smallest absolute Gasteiger partial charge is 0.247 e. The van der Waals surface area contributed by atoms with Gasteiger partial charge in [-0.25, -0.2) is 13.1 Å². The number of benzene rings is 2. The fourth-order valence-corrected chi connectivity index (χ4v) is 5.55. The van der Waals surface area contributed by atoms with Gasteiger partial charge < -0.3 is 15.0 Å². The Balaban J connectivity index is 1.49. The molecule has 8 nitrogen and oxygen atoms in total. The Morgan fingerprint density at radius 3 is 2.71 bits per heavy atom. The zero-order valence-corrected chi connectivity index (χ0v) is 18.7. The summed E-state index contributed by atoms with van der Waals surface area (Å²) in [5.41, 5.74) is 1.01. The molecule has 2 aromatic rings. The minimum Gasteiger partial charge on any atom is -0.378 e. The zero-order valence-electron chi connectivity index (χ0n) is 16.3.